The largest absolute Gasteiger partial charge is 0.387 e. The molecule has 1 unspecified atom stereocenters. The molecule has 0 aliphatic rings. The molecule has 3 rings (SSSR count). The Morgan fingerprint density at radius 3 is 2.81 bits per heavy atom. The SMILES string of the molecule is Cc1ccccc1C(O)CNCc1cccc2[nH]ccc12. The molecule has 1 heterocycles. The lowest BCUT2D eigenvalue weighted by molar-refractivity contribution is 0.173. The number of hydrogen-bond acceptors (Lipinski definition) is 2. The topological polar surface area (TPSA) is 48.0 Å². The molecule has 1 aromatic heterocycles. The molecule has 21 heavy (non-hydrogen) atoms. The van der Waals surface area contributed by atoms with Crippen LogP contribution in [0.2, 0.25) is 0 Å². The minimum absolute atomic E-state index is 0.475. The highest BCUT2D eigenvalue weighted by Crippen LogP contribution is 2.18. The van der Waals surface area contributed by atoms with Crippen molar-refractivity contribution in [2.45, 2.75) is 19.6 Å². The second-order valence-corrected chi connectivity index (χ2v) is 5.36. The minimum Gasteiger partial charge on any atom is -0.387 e. The number of aliphatic hydroxyl groups is 1. The first-order chi connectivity index (χ1) is 10.3. The molecular weight excluding hydrogens is 260 g/mol. The van der Waals surface area contributed by atoms with Gasteiger partial charge in [0.25, 0.3) is 0 Å². The fourth-order valence-electron chi connectivity index (χ4n) is 2.72. The Bertz CT molecular complexity index is 733. The molecule has 0 fully saturated rings. The Morgan fingerprint density at radius 1 is 1.10 bits per heavy atom. The van der Waals surface area contributed by atoms with Crippen molar-refractivity contribution in [2.24, 2.45) is 0 Å². The van der Waals surface area contributed by atoms with Crippen LogP contribution < -0.4 is 5.32 Å². The summed E-state index contributed by atoms with van der Waals surface area (Å²) in [7, 11) is 0. The summed E-state index contributed by atoms with van der Waals surface area (Å²) >= 11 is 0. The van der Waals surface area contributed by atoms with Crippen molar-refractivity contribution < 1.29 is 5.11 Å². The lowest BCUT2D eigenvalue weighted by Crippen LogP contribution is -2.21. The smallest absolute Gasteiger partial charge is 0.0917 e. The zero-order valence-electron chi connectivity index (χ0n) is 12.1. The first-order valence-corrected chi connectivity index (χ1v) is 7.25. The number of fused-ring (bicyclic) bond motifs is 1. The summed E-state index contributed by atoms with van der Waals surface area (Å²) < 4.78 is 0. The fraction of sp³-hybridized carbons (Fsp3) is 0.222. The first-order valence-electron chi connectivity index (χ1n) is 7.25. The number of aromatic nitrogens is 1. The molecule has 3 N–H and O–H groups in total. The van der Waals surface area contributed by atoms with E-state index in [4.69, 9.17) is 0 Å². The van der Waals surface area contributed by atoms with Gasteiger partial charge in [-0.3, -0.25) is 0 Å². The van der Waals surface area contributed by atoms with Gasteiger partial charge in [0.15, 0.2) is 0 Å². The maximum atomic E-state index is 10.3. The molecule has 108 valence electrons. The zero-order chi connectivity index (χ0) is 14.7. The Labute approximate surface area is 124 Å². The van der Waals surface area contributed by atoms with Crippen molar-refractivity contribution in [3.8, 4) is 0 Å². The monoisotopic (exact) mass is 280 g/mol. The molecule has 0 amide bonds. The molecule has 0 saturated carbocycles. The average Bonchev–Trinajstić information content (AvgIpc) is 2.97. The normalized spacial score (nSPS) is 12.7. The van der Waals surface area contributed by atoms with Crippen LogP contribution in [-0.2, 0) is 6.54 Å². The molecule has 0 bridgehead atoms. The van der Waals surface area contributed by atoms with Crippen LogP contribution in [0.5, 0.6) is 0 Å². The summed E-state index contributed by atoms with van der Waals surface area (Å²) in [5.41, 5.74) is 4.50. The molecule has 0 spiro atoms. The van der Waals surface area contributed by atoms with Gasteiger partial charge in [0.1, 0.15) is 0 Å². The fourth-order valence-corrected chi connectivity index (χ4v) is 2.72. The second-order valence-electron chi connectivity index (χ2n) is 5.36. The number of aliphatic hydroxyl groups excluding tert-OH is 1. The van der Waals surface area contributed by atoms with E-state index < -0.39 is 6.10 Å². The van der Waals surface area contributed by atoms with Gasteiger partial charge in [0.05, 0.1) is 6.10 Å². The van der Waals surface area contributed by atoms with Crippen LogP contribution >= 0.6 is 0 Å². The third-order valence-corrected chi connectivity index (χ3v) is 3.89. The van der Waals surface area contributed by atoms with Crippen LogP contribution in [0.4, 0.5) is 0 Å². The number of nitrogens with one attached hydrogen (secondary N) is 2. The van der Waals surface area contributed by atoms with Crippen LogP contribution in [0.15, 0.2) is 54.7 Å². The molecule has 0 saturated heterocycles. The van der Waals surface area contributed by atoms with Crippen molar-refractivity contribution in [1.29, 1.82) is 0 Å². The standard InChI is InChI=1S/C18H20N2O/c1-13-5-2-3-7-15(13)18(21)12-19-11-14-6-4-8-17-16(14)9-10-20-17/h2-10,18-21H,11-12H2,1H3. The van der Waals surface area contributed by atoms with Gasteiger partial charge in [0, 0.05) is 30.2 Å². The van der Waals surface area contributed by atoms with Crippen molar-refractivity contribution in [3.05, 3.63) is 71.4 Å². The average molecular weight is 280 g/mol. The number of hydrogen-bond donors (Lipinski definition) is 3. The molecule has 0 radical (unpaired) electrons. The number of benzene rings is 2. The maximum Gasteiger partial charge on any atom is 0.0917 e. The highest BCUT2D eigenvalue weighted by Gasteiger charge is 2.09. The van der Waals surface area contributed by atoms with Gasteiger partial charge < -0.3 is 15.4 Å². The van der Waals surface area contributed by atoms with Crippen LogP contribution in [0.3, 0.4) is 0 Å². The molecule has 3 aromatic rings. The Hall–Kier alpha value is -2.10. The number of aryl methyl sites for hydroxylation is 1. The van der Waals surface area contributed by atoms with E-state index >= 15 is 0 Å². The van der Waals surface area contributed by atoms with E-state index in [1.165, 1.54) is 10.9 Å². The van der Waals surface area contributed by atoms with Crippen LogP contribution in [0, 0.1) is 6.92 Å². The zero-order valence-corrected chi connectivity index (χ0v) is 12.1. The predicted octanol–water partition coefficient (Wildman–Crippen LogP) is 3.30. The molecule has 2 aromatic carbocycles. The third kappa shape index (κ3) is 2.99. The van der Waals surface area contributed by atoms with E-state index in [0.717, 1.165) is 23.2 Å². The number of H-pyrrole nitrogens is 1. The van der Waals surface area contributed by atoms with Crippen molar-refractivity contribution in [2.75, 3.05) is 6.54 Å². The van der Waals surface area contributed by atoms with Crippen molar-refractivity contribution in [1.82, 2.24) is 10.3 Å². The van der Waals surface area contributed by atoms with Gasteiger partial charge in [-0.25, -0.2) is 0 Å². The van der Waals surface area contributed by atoms with Gasteiger partial charge in [-0.15, -0.1) is 0 Å². The van der Waals surface area contributed by atoms with Crippen molar-refractivity contribution >= 4 is 10.9 Å². The molecule has 1 atom stereocenters. The van der Waals surface area contributed by atoms with E-state index in [2.05, 4.69) is 28.5 Å². The molecule has 0 aliphatic heterocycles. The van der Waals surface area contributed by atoms with Gasteiger partial charge in [-0.05, 0) is 35.7 Å². The summed E-state index contributed by atoms with van der Waals surface area (Å²) in [6.45, 7) is 3.32. The van der Waals surface area contributed by atoms with E-state index in [1.807, 2.05) is 43.5 Å². The van der Waals surface area contributed by atoms with E-state index in [-0.39, 0.29) is 0 Å². The summed E-state index contributed by atoms with van der Waals surface area (Å²) in [4.78, 5) is 3.22. The van der Waals surface area contributed by atoms with E-state index in [0.29, 0.717) is 6.54 Å². The van der Waals surface area contributed by atoms with Crippen LogP contribution in [-0.4, -0.2) is 16.6 Å². The third-order valence-electron chi connectivity index (χ3n) is 3.89. The molecule has 3 nitrogen and oxygen atoms in total. The lowest BCUT2D eigenvalue weighted by Gasteiger charge is -2.14. The Morgan fingerprint density at radius 2 is 1.95 bits per heavy atom. The summed E-state index contributed by atoms with van der Waals surface area (Å²) in [5, 5.41) is 14.9. The van der Waals surface area contributed by atoms with Crippen LogP contribution in [0.25, 0.3) is 10.9 Å². The van der Waals surface area contributed by atoms with Crippen molar-refractivity contribution in [3.63, 3.8) is 0 Å². The molecule has 0 aliphatic carbocycles. The Balaban J connectivity index is 1.64. The highest BCUT2D eigenvalue weighted by molar-refractivity contribution is 5.82. The van der Waals surface area contributed by atoms with Gasteiger partial charge >= 0.3 is 0 Å². The number of aromatic amines is 1. The number of rotatable bonds is 5. The van der Waals surface area contributed by atoms with Gasteiger partial charge in [-0.1, -0.05) is 36.4 Å². The molecule has 3 heteroatoms. The lowest BCUT2D eigenvalue weighted by atomic mass is 10.0. The summed E-state index contributed by atoms with van der Waals surface area (Å²) in [6, 6.07) is 16.3. The quantitative estimate of drug-likeness (QED) is 0.671. The Kier molecular flexibility index (Phi) is 4.04. The predicted molar refractivity (Wildman–Crippen MR) is 86.1 cm³/mol. The van der Waals surface area contributed by atoms with Gasteiger partial charge in [-0.2, -0.15) is 0 Å². The minimum atomic E-state index is -0.475. The van der Waals surface area contributed by atoms with E-state index in [9.17, 15) is 5.11 Å². The second kappa shape index (κ2) is 6.12. The summed E-state index contributed by atoms with van der Waals surface area (Å²) in [6.07, 6.45) is 1.48. The first kappa shape index (κ1) is 13.9. The maximum absolute atomic E-state index is 10.3. The summed E-state index contributed by atoms with van der Waals surface area (Å²) in [5.74, 6) is 0. The van der Waals surface area contributed by atoms with E-state index in [1.54, 1.807) is 0 Å². The van der Waals surface area contributed by atoms with Crippen LogP contribution in [0.1, 0.15) is 22.8 Å². The highest BCUT2D eigenvalue weighted by atomic mass is 16.3. The molecular formula is C18H20N2O. The van der Waals surface area contributed by atoms with Gasteiger partial charge in [0.2, 0.25) is 0 Å².